The highest BCUT2D eigenvalue weighted by atomic mass is 16.2. The van der Waals surface area contributed by atoms with Crippen LogP contribution in [0.2, 0.25) is 0 Å². The zero-order valence-corrected chi connectivity index (χ0v) is 16.4. The van der Waals surface area contributed by atoms with Gasteiger partial charge in [-0.2, -0.15) is 0 Å². The molecule has 29 heavy (non-hydrogen) atoms. The van der Waals surface area contributed by atoms with Crippen molar-refractivity contribution in [1.29, 1.82) is 0 Å². The number of para-hydroxylation sites is 1. The van der Waals surface area contributed by atoms with Gasteiger partial charge in [0.05, 0.1) is 0 Å². The molecule has 6 heteroatoms. The third-order valence-electron chi connectivity index (χ3n) is 6.93. The molecule has 0 radical (unpaired) electrons. The highest BCUT2D eigenvalue weighted by molar-refractivity contribution is 6.00. The normalized spacial score (nSPS) is 27.0. The van der Waals surface area contributed by atoms with Gasteiger partial charge in [0.1, 0.15) is 0 Å². The van der Waals surface area contributed by atoms with Crippen LogP contribution in [0.3, 0.4) is 0 Å². The smallest absolute Gasteiger partial charge is 0.323 e. The van der Waals surface area contributed by atoms with Crippen LogP contribution >= 0.6 is 0 Å². The van der Waals surface area contributed by atoms with Crippen molar-refractivity contribution in [3.63, 3.8) is 0 Å². The molecule has 150 valence electrons. The standard InChI is InChI=1S/C23H26N4O2/c24-20-9-11-23(20)13-18(23)21(28)27-12-10-17-15(14-27)5-4-8-19(17)26-22(29)25-16-6-2-1-3-7-16/h1-8,18,20H,9-14,24H2,(H2,25,26,29). The molecule has 3 unspecified atom stereocenters. The van der Waals surface area contributed by atoms with Crippen molar-refractivity contribution in [2.45, 2.75) is 38.3 Å². The summed E-state index contributed by atoms with van der Waals surface area (Å²) in [6.45, 7) is 1.29. The number of carbonyl (C=O) groups excluding carboxylic acids is 2. The van der Waals surface area contributed by atoms with E-state index in [2.05, 4.69) is 10.6 Å². The molecule has 3 atom stereocenters. The molecule has 1 aliphatic heterocycles. The Bertz CT molecular complexity index is 961. The number of hydrogen-bond acceptors (Lipinski definition) is 3. The van der Waals surface area contributed by atoms with Gasteiger partial charge in [-0.05, 0) is 60.4 Å². The van der Waals surface area contributed by atoms with E-state index < -0.39 is 0 Å². The maximum Gasteiger partial charge on any atom is 0.323 e. The van der Waals surface area contributed by atoms with E-state index in [0.29, 0.717) is 13.1 Å². The second-order valence-electron chi connectivity index (χ2n) is 8.53. The number of carbonyl (C=O) groups is 2. The van der Waals surface area contributed by atoms with Gasteiger partial charge in [-0.25, -0.2) is 4.79 Å². The third kappa shape index (κ3) is 3.17. The second kappa shape index (κ2) is 6.88. The first-order valence-corrected chi connectivity index (χ1v) is 10.3. The van der Waals surface area contributed by atoms with Crippen molar-refractivity contribution >= 4 is 23.3 Å². The van der Waals surface area contributed by atoms with Crippen LogP contribution in [0.4, 0.5) is 16.2 Å². The van der Waals surface area contributed by atoms with Gasteiger partial charge >= 0.3 is 6.03 Å². The first-order chi connectivity index (χ1) is 14.1. The Hall–Kier alpha value is -2.86. The maximum absolute atomic E-state index is 13.0. The number of nitrogens with two attached hydrogens (primary N) is 1. The van der Waals surface area contributed by atoms with Crippen LogP contribution in [0.25, 0.3) is 0 Å². The van der Waals surface area contributed by atoms with Gasteiger partial charge in [0.15, 0.2) is 0 Å². The third-order valence-corrected chi connectivity index (χ3v) is 6.93. The molecule has 1 spiro atoms. The predicted molar refractivity (Wildman–Crippen MR) is 112 cm³/mol. The molecule has 2 aromatic carbocycles. The quantitative estimate of drug-likeness (QED) is 0.751. The molecule has 0 aromatic heterocycles. The van der Waals surface area contributed by atoms with E-state index in [1.54, 1.807) is 0 Å². The Morgan fingerprint density at radius 2 is 1.90 bits per heavy atom. The van der Waals surface area contributed by atoms with Crippen molar-refractivity contribution < 1.29 is 9.59 Å². The number of nitrogens with one attached hydrogen (secondary N) is 2. The number of urea groups is 1. The minimum Gasteiger partial charge on any atom is -0.338 e. The summed E-state index contributed by atoms with van der Waals surface area (Å²) in [6.07, 6.45) is 3.85. The van der Waals surface area contributed by atoms with Crippen LogP contribution in [0, 0.1) is 11.3 Å². The molecular formula is C23H26N4O2. The summed E-state index contributed by atoms with van der Waals surface area (Å²) in [5.41, 5.74) is 10.0. The van der Waals surface area contributed by atoms with E-state index in [4.69, 9.17) is 5.73 Å². The zero-order valence-electron chi connectivity index (χ0n) is 16.4. The van der Waals surface area contributed by atoms with Gasteiger partial charge in [-0.15, -0.1) is 0 Å². The molecule has 1 heterocycles. The van der Waals surface area contributed by atoms with Gasteiger partial charge in [0, 0.05) is 36.4 Å². The number of amides is 3. The summed E-state index contributed by atoms with van der Waals surface area (Å²) >= 11 is 0. The minimum absolute atomic E-state index is 0.107. The van der Waals surface area contributed by atoms with Gasteiger partial charge in [0.25, 0.3) is 0 Å². The number of fused-ring (bicyclic) bond motifs is 1. The van der Waals surface area contributed by atoms with Gasteiger partial charge in [-0.3, -0.25) is 4.79 Å². The average molecular weight is 390 g/mol. The Morgan fingerprint density at radius 3 is 2.59 bits per heavy atom. The highest BCUT2D eigenvalue weighted by Crippen LogP contribution is 2.65. The van der Waals surface area contributed by atoms with Crippen LogP contribution in [-0.2, 0) is 17.8 Å². The summed E-state index contributed by atoms with van der Waals surface area (Å²) in [5, 5.41) is 5.81. The number of nitrogens with zero attached hydrogens (tertiary/aromatic N) is 1. The van der Waals surface area contributed by atoms with Crippen LogP contribution < -0.4 is 16.4 Å². The van der Waals surface area contributed by atoms with Gasteiger partial charge in [-0.1, -0.05) is 30.3 Å². The van der Waals surface area contributed by atoms with Crippen molar-refractivity contribution in [3.05, 3.63) is 59.7 Å². The molecule has 0 saturated heterocycles. The summed E-state index contributed by atoms with van der Waals surface area (Å²) in [5.74, 6) is 0.372. The molecule has 3 amide bonds. The summed E-state index contributed by atoms with van der Waals surface area (Å²) < 4.78 is 0. The Morgan fingerprint density at radius 1 is 1.07 bits per heavy atom. The van der Waals surface area contributed by atoms with E-state index in [0.717, 1.165) is 48.2 Å². The average Bonchev–Trinajstić information content (AvgIpc) is 3.51. The molecule has 2 saturated carbocycles. The fourth-order valence-electron chi connectivity index (χ4n) is 4.96. The first-order valence-electron chi connectivity index (χ1n) is 10.3. The summed E-state index contributed by atoms with van der Waals surface area (Å²) in [6, 6.07) is 15.2. The fraction of sp³-hybridized carbons (Fsp3) is 0.391. The molecule has 5 rings (SSSR count). The number of anilines is 2. The molecular weight excluding hydrogens is 364 g/mol. The zero-order chi connectivity index (χ0) is 20.0. The summed E-state index contributed by atoms with van der Waals surface area (Å²) in [4.78, 5) is 27.3. The lowest BCUT2D eigenvalue weighted by atomic mass is 9.74. The molecule has 4 N–H and O–H groups in total. The predicted octanol–water partition coefficient (Wildman–Crippen LogP) is 3.34. The van der Waals surface area contributed by atoms with Crippen molar-refractivity contribution in [1.82, 2.24) is 4.90 Å². The van der Waals surface area contributed by atoms with Crippen molar-refractivity contribution in [3.8, 4) is 0 Å². The number of hydrogen-bond donors (Lipinski definition) is 3. The van der Waals surface area contributed by atoms with Crippen LogP contribution in [0.15, 0.2) is 48.5 Å². The largest absolute Gasteiger partial charge is 0.338 e. The Labute approximate surface area is 170 Å². The second-order valence-corrected chi connectivity index (χ2v) is 8.53. The van der Waals surface area contributed by atoms with Crippen molar-refractivity contribution in [2.75, 3.05) is 17.2 Å². The topological polar surface area (TPSA) is 87.5 Å². The van der Waals surface area contributed by atoms with Crippen molar-refractivity contribution in [2.24, 2.45) is 17.1 Å². The fourth-order valence-corrected chi connectivity index (χ4v) is 4.96. The SMILES string of the molecule is NC1CCC12CC2C(=O)N1CCc2c(cccc2NC(=O)Nc2ccccc2)C1. The summed E-state index contributed by atoms with van der Waals surface area (Å²) in [7, 11) is 0. The Kier molecular flexibility index (Phi) is 4.32. The van der Waals surface area contributed by atoms with E-state index in [1.165, 1.54) is 0 Å². The van der Waals surface area contributed by atoms with Gasteiger partial charge < -0.3 is 21.3 Å². The van der Waals surface area contributed by atoms with E-state index in [1.807, 2.05) is 53.4 Å². The molecule has 2 aliphatic carbocycles. The lowest BCUT2D eigenvalue weighted by Gasteiger charge is -2.37. The molecule has 0 bridgehead atoms. The van der Waals surface area contributed by atoms with E-state index >= 15 is 0 Å². The Balaban J connectivity index is 1.26. The lowest BCUT2D eigenvalue weighted by molar-refractivity contribution is -0.135. The molecule has 2 aromatic rings. The number of rotatable bonds is 3. The highest BCUT2D eigenvalue weighted by Gasteiger charge is 2.66. The maximum atomic E-state index is 13.0. The van der Waals surface area contributed by atoms with Crippen LogP contribution in [-0.4, -0.2) is 29.4 Å². The van der Waals surface area contributed by atoms with E-state index in [9.17, 15) is 9.59 Å². The van der Waals surface area contributed by atoms with Crippen LogP contribution in [0.1, 0.15) is 30.4 Å². The minimum atomic E-state index is -0.262. The monoisotopic (exact) mass is 390 g/mol. The number of benzene rings is 2. The molecule has 3 aliphatic rings. The molecule has 6 nitrogen and oxygen atoms in total. The first kappa shape index (κ1) is 18.2. The van der Waals surface area contributed by atoms with Crippen LogP contribution in [0.5, 0.6) is 0 Å². The molecule has 2 fully saturated rings. The van der Waals surface area contributed by atoms with E-state index in [-0.39, 0.29) is 29.3 Å². The van der Waals surface area contributed by atoms with Gasteiger partial charge in [0.2, 0.25) is 5.91 Å². The lowest BCUT2D eigenvalue weighted by Crippen LogP contribution is -2.46.